The third-order valence-corrected chi connectivity index (χ3v) is 6.71. The van der Waals surface area contributed by atoms with Crippen molar-refractivity contribution in [3.05, 3.63) is 74.0 Å². The molecule has 1 aliphatic rings. The first-order valence-electron chi connectivity index (χ1n) is 10.6. The molecule has 0 amide bonds. The third-order valence-electron chi connectivity index (χ3n) is 5.68. The van der Waals surface area contributed by atoms with Crippen LogP contribution in [0.5, 0.6) is 22.4 Å². The number of rotatable bonds is 5. The van der Waals surface area contributed by atoms with Crippen molar-refractivity contribution in [3.8, 4) is 22.4 Å². The molecule has 0 saturated carbocycles. The number of fused-ring (bicyclic) bond motifs is 2. The van der Waals surface area contributed by atoms with Crippen molar-refractivity contribution in [1.82, 2.24) is 9.97 Å². The highest BCUT2D eigenvalue weighted by Gasteiger charge is 2.32. The van der Waals surface area contributed by atoms with Gasteiger partial charge in [-0.3, -0.25) is 9.59 Å². The molecule has 4 aromatic rings. The van der Waals surface area contributed by atoms with Crippen molar-refractivity contribution < 1.29 is 32.2 Å². The molecule has 2 aromatic carbocycles. The number of nitrogens with one attached hydrogen (secondary N) is 1. The molecule has 0 fully saturated rings. The Morgan fingerprint density at radius 1 is 1.14 bits per heavy atom. The van der Waals surface area contributed by atoms with Crippen LogP contribution in [0.4, 0.5) is 13.2 Å². The molecule has 2 aromatic heterocycles. The van der Waals surface area contributed by atoms with Gasteiger partial charge in [-0.05, 0) is 24.6 Å². The number of alkyl halides is 3. The molecular formula is C24H16ClF3N2O5S. The Kier molecular flexibility index (Phi) is 6.13. The Morgan fingerprint density at radius 3 is 2.67 bits per heavy atom. The zero-order valence-electron chi connectivity index (χ0n) is 18.4. The second kappa shape index (κ2) is 9.14. The number of pyridine rings is 1. The first-order valence-corrected chi connectivity index (χ1v) is 11.8. The number of hydrogen-bond acceptors (Lipinski definition) is 7. The van der Waals surface area contributed by atoms with E-state index in [4.69, 9.17) is 21.1 Å². The second-order valence-corrected chi connectivity index (χ2v) is 9.26. The van der Waals surface area contributed by atoms with Crippen molar-refractivity contribution >= 4 is 39.6 Å². The van der Waals surface area contributed by atoms with Crippen molar-refractivity contribution in [2.45, 2.75) is 25.1 Å². The van der Waals surface area contributed by atoms with Gasteiger partial charge in [0.05, 0.1) is 28.9 Å². The van der Waals surface area contributed by atoms with Crippen LogP contribution in [0, 0.1) is 0 Å². The van der Waals surface area contributed by atoms with E-state index in [9.17, 15) is 22.8 Å². The van der Waals surface area contributed by atoms with Crippen molar-refractivity contribution in [2.24, 2.45) is 0 Å². The number of aromatic amines is 1. The van der Waals surface area contributed by atoms with Gasteiger partial charge in [0.2, 0.25) is 5.43 Å². The van der Waals surface area contributed by atoms with Gasteiger partial charge in [0.15, 0.2) is 5.78 Å². The number of carbonyl (C=O) groups is 1. The average molecular weight is 537 g/mol. The van der Waals surface area contributed by atoms with E-state index in [1.54, 1.807) is 11.4 Å². The van der Waals surface area contributed by atoms with Gasteiger partial charge >= 0.3 is 6.36 Å². The van der Waals surface area contributed by atoms with Crippen molar-refractivity contribution in [2.75, 3.05) is 7.11 Å². The Bertz CT molecular complexity index is 1550. The van der Waals surface area contributed by atoms with Gasteiger partial charge in [-0.25, -0.2) is 4.98 Å². The number of nitrogens with zero attached hydrogens (tertiary/aromatic N) is 1. The number of halogens is 4. The third kappa shape index (κ3) is 4.76. The summed E-state index contributed by atoms with van der Waals surface area (Å²) < 4.78 is 52.2. The van der Waals surface area contributed by atoms with Crippen LogP contribution in [0.2, 0.25) is 5.02 Å². The number of aromatic nitrogens is 2. The fourth-order valence-corrected chi connectivity index (χ4v) is 5.15. The number of benzene rings is 2. The number of methoxy groups -OCH3 is 1. The average Bonchev–Trinajstić information content (AvgIpc) is 3.26. The number of H-pyrrole nitrogens is 1. The van der Waals surface area contributed by atoms with E-state index >= 15 is 0 Å². The summed E-state index contributed by atoms with van der Waals surface area (Å²) in [5, 5.41) is 2.48. The highest BCUT2D eigenvalue weighted by Crippen LogP contribution is 2.37. The first-order chi connectivity index (χ1) is 17.1. The van der Waals surface area contributed by atoms with Crippen LogP contribution >= 0.6 is 22.9 Å². The molecule has 1 atom stereocenters. The van der Waals surface area contributed by atoms with Crippen LogP contribution < -0.4 is 19.6 Å². The predicted molar refractivity (Wildman–Crippen MR) is 127 cm³/mol. The van der Waals surface area contributed by atoms with E-state index in [-0.39, 0.29) is 39.7 Å². The maximum absolute atomic E-state index is 13.0. The van der Waals surface area contributed by atoms with Crippen LogP contribution in [-0.2, 0) is 6.42 Å². The van der Waals surface area contributed by atoms with Crippen LogP contribution in [0.1, 0.15) is 34.1 Å². The Morgan fingerprint density at radius 2 is 1.92 bits per heavy atom. The highest BCUT2D eigenvalue weighted by atomic mass is 35.5. The molecular weight excluding hydrogens is 521 g/mol. The van der Waals surface area contributed by atoms with E-state index < -0.39 is 17.5 Å². The van der Waals surface area contributed by atoms with Crippen molar-refractivity contribution in [1.29, 1.82) is 0 Å². The SMILES string of the molecule is COc1cc2[nH]c3c(c(=O)c2cc1Cl)C(=O)CC(c1csc(Oc2cccc(OC(F)(F)F)c2)n1)C3. The summed E-state index contributed by atoms with van der Waals surface area (Å²) in [7, 11) is 1.46. The summed E-state index contributed by atoms with van der Waals surface area (Å²) in [5.41, 5.74) is 1.27. The van der Waals surface area contributed by atoms with Crippen molar-refractivity contribution in [3.63, 3.8) is 0 Å². The number of thiazole rings is 1. The summed E-state index contributed by atoms with van der Waals surface area (Å²) >= 11 is 7.30. The van der Waals surface area contributed by atoms with Gasteiger partial charge in [-0.15, -0.1) is 13.2 Å². The maximum atomic E-state index is 13.0. The summed E-state index contributed by atoms with van der Waals surface area (Å²) in [4.78, 5) is 33.6. The van der Waals surface area contributed by atoms with E-state index in [0.717, 1.165) is 23.5 Å². The van der Waals surface area contributed by atoms with Gasteiger partial charge in [-0.2, -0.15) is 0 Å². The van der Waals surface area contributed by atoms with E-state index in [0.29, 0.717) is 34.5 Å². The smallest absolute Gasteiger partial charge is 0.495 e. The lowest BCUT2D eigenvalue weighted by Gasteiger charge is -2.22. The van der Waals surface area contributed by atoms with E-state index in [1.165, 1.54) is 25.3 Å². The quantitative estimate of drug-likeness (QED) is 0.324. The van der Waals surface area contributed by atoms with Gasteiger partial charge in [0.25, 0.3) is 5.19 Å². The molecule has 1 N–H and O–H groups in total. The molecule has 2 heterocycles. The number of ether oxygens (including phenoxy) is 3. The van der Waals surface area contributed by atoms with Gasteiger partial charge in [-0.1, -0.05) is 29.0 Å². The molecule has 36 heavy (non-hydrogen) atoms. The summed E-state index contributed by atoms with van der Waals surface area (Å²) in [6, 6.07) is 8.19. The van der Waals surface area contributed by atoms with Crippen LogP contribution in [0.15, 0.2) is 46.6 Å². The van der Waals surface area contributed by atoms with Crippen LogP contribution in [0.25, 0.3) is 10.9 Å². The summed E-state index contributed by atoms with van der Waals surface area (Å²) in [6.07, 6.45) is -4.39. The highest BCUT2D eigenvalue weighted by molar-refractivity contribution is 7.11. The minimum absolute atomic E-state index is 0.0730. The molecule has 0 spiro atoms. The fraction of sp³-hybridized carbons (Fsp3) is 0.208. The number of ketones is 1. The standard InChI is InChI=1S/C24H16ClF3N2O5S/c1-33-20-9-16-14(8-15(20)25)22(32)21-17(29-16)5-11(6-19(21)31)18-10-36-23(30-18)34-12-3-2-4-13(7-12)35-24(26,27)28/h2-4,7-11H,5-6H2,1H3,(H,29,32). The van der Waals surface area contributed by atoms with Gasteiger partial charge < -0.3 is 19.2 Å². The first kappa shape index (κ1) is 24.1. The summed E-state index contributed by atoms with van der Waals surface area (Å²) in [5.74, 6) is -0.541. The molecule has 12 heteroatoms. The minimum Gasteiger partial charge on any atom is -0.495 e. The molecule has 1 aliphatic carbocycles. The van der Waals surface area contributed by atoms with Crippen LogP contribution in [-0.4, -0.2) is 29.2 Å². The Labute approximate surface area is 210 Å². The monoisotopic (exact) mass is 536 g/mol. The predicted octanol–water partition coefficient (Wildman–Crippen LogP) is 6.25. The lowest BCUT2D eigenvalue weighted by Crippen LogP contribution is -2.27. The Hall–Kier alpha value is -3.57. The van der Waals surface area contributed by atoms with E-state index in [1.807, 2.05) is 0 Å². The number of hydrogen-bond donors (Lipinski definition) is 1. The zero-order chi connectivity index (χ0) is 25.6. The molecule has 7 nitrogen and oxygen atoms in total. The maximum Gasteiger partial charge on any atom is 0.573 e. The molecule has 0 aliphatic heterocycles. The number of carbonyl (C=O) groups excluding carboxylic acids is 1. The van der Waals surface area contributed by atoms with Crippen LogP contribution in [0.3, 0.4) is 0 Å². The minimum atomic E-state index is -4.82. The van der Waals surface area contributed by atoms with E-state index in [2.05, 4.69) is 14.7 Å². The second-order valence-electron chi connectivity index (χ2n) is 8.03. The largest absolute Gasteiger partial charge is 0.573 e. The lowest BCUT2D eigenvalue weighted by molar-refractivity contribution is -0.274. The molecule has 0 bridgehead atoms. The summed E-state index contributed by atoms with van der Waals surface area (Å²) in [6.45, 7) is 0. The molecule has 5 rings (SSSR count). The lowest BCUT2D eigenvalue weighted by atomic mass is 9.83. The Balaban J connectivity index is 1.40. The zero-order valence-corrected chi connectivity index (χ0v) is 20.0. The van der Waals surface area contributed by atoms with Gasteiger partial charge in [0.1, 0.15) is 17.2 Å². The molecule has 1 unspecified atom stereocenters. The fourth-order valence-electron chi connectivity index (χ4n) is 4.14. The topological polar surface area (TPSA) is 90.5 Å². The number of Topliss-reactive ketones (excluding diaryl/α,β-unsaturated/α-hetero) is 1. The molecule has 0 saturated heterocycles. The molecule has 0 radical (unpaired) electrons. The normalized spacial score (nSPS) is 15.6. The van der Waals surface area contributed by atoms with Gasteiger partial charge in [0, 0.05) is 40.9 Å². The molecule has 186 valence electrons.